The van der Waals surface area contributed by atoms with Gasteiger partial charge in [0.25, 0.3) is 11.8 Å². The number of thiocarbonyl (C=S) groups is 1. The van der Waals surface area contributed by atoms with E-state index in [9.17, 15) is 9.59 Å². The molecule has 0 saturated heterocycles. The molecule has 34 heavy (non-hydrogen) atoms. The van der Waals surface area contributed by atoms with Crippen molar-refractivity contribution in [2.75, 3.05) is 13.2 Å². The summed E-state index contributed by atoms with van der Waals surface area (Å²) in [5.74, 6) is -0.00257. The Kier molecular flexibility index (Phi) is 9.51. The summed E-state index contributed by atoms with van der Waals surface area (Å²) < 4.78 is 11.0. The molecular weight excluding hydrogens is 497 g/mol. The maximum Gasteiger partial charge on any atom is 0.276 e. The van der Waals surface area contributed by atoms with Crippen LogP contribution in [0.25, 0.3) is 0 Å². The molecule has 0 bridgehead atoms. The molecule has 176 valence electrons. The van der Waals surface area contributed by atoms with Crippen LogP contribution in [0, 0.1) is 0 Å². The Morgan fingerprint density at radius 2 is 1.62 bits per heavy atom. The minimum atomic E-state index is -0.528. The summed E-state index contributed by atoms with van der Waals surface area (Å²) in [4.78, 5) is 24.3. The van der Waals surface area contributed by atoms with Crippen molar-refractivity contribution in [3.8, 4) is 11.5 Å². The zero-order valence-corrected chi connectivity index (χ0v) is 20.2. The fraction of sp³-hybridized carbons (Fsp3) is 0.125. The summed E-state index contributed by atoms with van der Waals surface area (Å²) in [6.45, 7) is 0.202. The summed E-state index contributed by atoms with van der Waals surface area (Å²) >= 11 is 16.8. The highest BCUT2D eigenvalue weighted by Crippen LogP contribution is 2.27. The first-order chi connectivity index (χ1) is 16.4. The number of rotatable bonds is 8. The van der Waals surface area contributed by atoms with Gasteiger partial charge >= 0.3 is 0 Å². The monoisotopic (exact) mass is 517 g/mol. The van der Waals surface area contributed by atoms with Crippen molar-refractivity contribution in [1.82, 2.24) is 16.2 Å². The highest BCUT2D eigenvalue weighted by atomic mass is 35.5. The molecule has 0 saturated carbocycles. The van der Waals surface area contributed by atoms with E-state index in [1.54, 1.807) is 36.4 Å². The Bertz CT molecular complexity index is 1140. The number of carbonyl (C=O) groups excluding carboxylic acids is 2. The van der Waals surface area contributed by atoms with Gasteiger partial charge in [-0.1, -0.05) is 53.5 Å². The van der Waals surface area contributed by atoms with E-state index >= 15 is 0 Å². The van der Waals surface area contributed by atoms with Gasteiger partial charge in [-0.25, -0.2) is 0 Å². The topological polar surface area (TPSA) is 88.7 Å². The van der Waals surface area contributed by atoms with Gasteiger partial charge in [0.05, 0.1) is 11.6 Å². The largest absolute Gasteiger partial charge is 0.493 e. The van der Waals surface area contributed by atoms with Crippen molar-refractivity contribution in [2.24, 2.45) is 0 Å². The van der Waals surface area contributed by atoms with Gasteiger partial charge < -0.3 is 9.47 Å². The predicted octanol–water partition coefficient (Wildman–Crippen LogP) is 4.33. The van der Waals surface area contributed by atoms with Crippen molar-refractivity contribution in [2.45, 2.75) is 6.42 Å². The first kappa shape index (κ1) is 25.3. The average molecular weight is 518 g/mol. The number of nitrogens with one attached hydrogen (secondary N) is 3. The predicted molar refractivity (Wildman–Crippen MR) is 135 cm³/mol. The second-order valence-electron chi connectivity index (χ2n) is 6.93. The smallest absolute Gasteiger partial charge is 0.276 e. The van der Waals surface area contributed by atoms with Gasteiger partial charge in [-0.15, -0.1) is 0 Å². The van der Waals surface area contributed by atoms with E-state index in [0.717, 1.165) is 6.42 Å². The minimum Gasteiger partial charge on any atom is -0.493 e. The third-order valence-corrected chi connectivity index (χ3v) is 5.15. The van der Waals surface area contributed by atoms with Crippen LogP contribution in [0.15, 0.2) is 72.8 Å². The minimum absolute atomic E-state index is 0.0777. The quantitative estimate of drug-likeness (QED) is 0.304. The first-order valence-corrected chi connectivity index (χ1v) is 11.3. The van der Waals surface area contributed by atoms with Crippen LogP contribution in [-0.2, 0) is 11.2 Å². The summed E-state index contributed by atoms with van der Waals surface area (Å²) in [5.41, 5.74) is 6.33. The molecule has 10 heteroatoms. The molecule has 7 nitrogen and oxygen atoms in total. The molecule has 0 aliphatic heterocycles. The number of hydrazine groups is 1. The molecule has 3 N–H and O–H groups in total. The van der Waals surface area contributed by atoms with Crippen LogP contribution in [0.4, 0.5) is 0 Å². The van der Waals surface area contributed by atoms with Crippen LogP contribution >= 0.6 is 35.4 Å². The van der Waals surface area contributed by atoms with Crippen LogP contribution in [0.2, 0.25) is 10.0 Å². The molecule has 0 fully saturated rings. The molecule has 0 spiro atoms. The molecule has 0 radical (unpaired) electrons. The Labute approximate surface area is 212 Å². The summed E-state index contributed by atoms with van der Waals surface area (Å²) in [7, 11) is 0. The number of carbonyl (C=O) groups is 2. The van der Waals surface area contributed by atoms with Crippen LogP contribution in [-0.4, -0.2) is 30.1 Å². The normalized spacial score (nSPS) is 10.2. The fourth-order valence-electron chi connectivity index (χ4n) is 2.74. The molecule has 0 aliphatic carbocycles. The first-order valence-electron chi connectivity index (χ1n) is 10.2. The van der Waals surface area contributed by atoms with Gasteiger partial charge in [0, 0.05) is 17.0 Å². The van der Waals surface area contributed by atoms with E-state index < -0.39 is 11.8 Å². The van der Waals surface area contributed by atoms with Crippen molar-refractivity contribution in [3.05, 3.63) is 94.0 Å². The highest BCUT2D eigenvalue weighted by Gasteiger charge is 2.10. The van der Waals surface area contributed by atoms with E-state index in [-0.39, 0.29) is 16.7 Å². The fourth-order valence-corrected chi connectivity index (χ4v) is 3.35. The third-order valence-electron chi connectivity index (χ3n) is 4.41. The number of ether oxygens (including phenoxy) is 2. The summed E-state index contributed by atoms with van der Waals surface area (Å²) in [5, 5.41) is 3.13. The van der Waals surface area contributed by atoms with E-state index in [2.05, 4.69) is 16.2 Å². The van der Waals surface area contributed by atoms with Gasteiger partial charge in [0.15, 0.2) is 11.7 Å². The van der Waals surface area contributed by atoms with Crippen molar-refractivity contribution >= 4 is 52.3 Å². The second-order valence-corrected chi connectivity index (χ2v) is 8.18. The Morgan fingerprint density at radius 3 is 2.32 bits per heavy atom. The molecule has 3 rings (SSSR count). The average Bonchev–Trinajstić information content (AvgIpc) is 2.83. The van der Waals surface area contributed by atoms with E-state index in [1.807, 2.05) is 30.3 Å². The van der Waals surface area contributed by atoms with Crippen LogP contribution in [0.5, 0.6) is 11.5 Å². The maximum atomic E-state index is 12.3. The van der Waals surface area contributed by atoms with E-state index in [1.165, 1.54) is 11.6 Å². The molecule has 0 unspecified atom stereocenters. The lowest BCUT2D eigenvalue weighted by Gasteiger charge is -2.12. The molecule has 0 atom stereocenters. The summed E-state index contributed by atoms with van der Waals surface area (Å²) in [6, 6.07) is 21.3. The number of halogens is 2. The van der Waals surface area contributed by atoms with Gasteiger partial charge in [-0.05, 0) is 60.2 Å². The Balaban J connectivity index is 1.37. The maximum absolute atomic E-state index is 12.3. The number of amides is 2. The molecule has 3 aromatic rings. The SMILES string of the molecule is O=C(COc1ccc(Cl)cc1Cl)NNC(=S)NC(=O)c1ccc(OCCc2ccccc2)cc1. The molecule has 0 aromatic heterocycles. The van der Waals surface area contributed by atoms with Gasteiger partial charge in [0.1, 0.15) is 11.5 Å². The lowest BCUT2D eigenvalue weighted by atomic mass is 10.2. The second kappa shape index (κ2) is 12.8. The van der Waals surface area contributed by atoms with Gasteiger partial charge in [-0.3, -0.25) is 25.8 Å². The Hall–Kier alpha value is -3.33. The van der Waals surface area contributed by atoms with Crippen molar-refractivity contribution in [1.29, 1.82) is 0 Å². The molecule has 0 aliphatic rings. The molecule has 0 heterocycles. The number of hydrogen-bond acceptors (Lipinski definition) is 5. The highest BCUT2D eigenvalue weighted by molar-refractivity contribution is 7.80. The zero-order chi connectivity index (χ0) is 24.3. The molecule has 3 aromatic carbocycles. The molecular formula is C24H21Cl2N3O4S. The lowest BCUT2D eigenvalue weighted by Crippen LogP contribution is -2.49. The number of hydrogen-bond donors (Lipinski definition) is 3. The van der Waals surface area contributed by atoms with Gasteiger partial charge in [-0.2, -0.15) is 0 Å². The summed E-state index contributed by atoms with van der Waals surface area (Å²) in [6.07, 6.45) is 0.784. The van der Waals surface area contributed by atoms with E-state index in [4.69, 9.17) is 44.9 Å². The Morgan fingerprint density at radius 1 is 0.882 bits per heavy atom. The van der Waals surface area contributed by atoms with Crippen LogP contribution in [0.1, 0.15) is 15.9 Å². The molecule has 2 amide bonds. The van der Waals surface area contributed by atoms with Crippen LogP contribution in [0.3, 0.4) is 0 Å². The van der Waals surface area contributed by atoms with Gasteiger partial charge in [0.2, 0.25) is 0 Å². The van der Waals surface area contributed by atoms with Crippen molar-refractivity contribution in [3.63, 3.8) is 0 Å². The van der Waals surface area contributed by atoms with Crippen LogP contribution < -0.4 is 25.6 Å². The number of benzene rings is 3. The van der Waals surface area contributed by atoms with E-state index in [0.29, 0.717) is 28.7 Å². The third kappa shape index (κ3) is 8.22. The standard InChI is InChI=1S/C24H21Cl2N3O4S/c25-18-8-11-21(20(26)14-18)33-15-22(30)28-29-24(34)27-23(31)17-6-9-19(10-7-17)32-13-12-16-4-2-1-3-5-16/h1-11,14H,12-13,15H2,(H,28,30)(H2,27,29,31,34). The zero-order valence-electron chi connectivity index (χ0n) is 17.8. The lowest BCUT2D eigenvalue weighted by molar-refractivity contribution is -0.123. The van der Waals surface area contributed by atoms with Crippen molar-refractivity contribution < 1.29 is 19.1 Å².